The fourth-order valence-corrected chi connectivity index (χ4v) is 6.24. The molecule has 1 unspecified atom stereocenters. The lowest BCUT2D eigenvalue weighted by Gasteiger charge is -2.42. The maximum atomic E-state index is 13.6. The van der Waals surface area contributed by atoms with Gasteiger partial charge in [-0.1, -0.05) is 17.7 Å². The van der Waals surface area contributed by atoms with Gasteiger partial charge in [0.05, 0.1) is 4.90 Å². The van der Waals surface area contributed by atoms with Crippen molar-refractivity contribution < 1.29 is 22.4 Å². The molecule has 0 bridgehead atoms. The lowest BCUT2D eigenvalue weighted by Crippen LogP contribution is -2.65. The number of benzene rings is 2. The van der Waals surface area contributed by atoms with E-state index in [-0.39, 0.29) is 30.1 Å². The molecule has 36 heavy (non-hydrogen) atoms. The molecule has 2 aromatic carbocycles. The SMILES string of the molecule is Cc1ccc(NC(=O)N2CCCN(S(=O)(=O)c3ccc(F)cc3)C2C(=O)NC2CCC(N)CC2)cc1. The number of nitrogens with one attached hydrogen (secondary N) is 2. The molecular formula is C25H32FN5O4S. The molecule has 11 heteroatoms. The number of nitrogens with zero attached hydrogens (tertiary/aromatic N) is 2. The molecule has 4 rings (SSSR count). The van der Waals surface area contributed by atoms with E-state index < -0.39 is 33.9 Å². The third-order valence-corrected chi connectivity index (χ3v) is 8.55. The summed E-state index contributed by atoms with van der Waals surface area (Å²) in [5, 5.41) is 5.72. The Bertz CT molecular complexity index is 1180. The first-order valence-electron chi connectivity index (χ1n) is 12.1. The van der Waals surface area contributed by atoms with Gasteiger partial charge < -0.3 is 16.4 Å². The van der Waals surface area contributed by atoms with Gasteiger partial charge in [0.1, 0.15) is 5.82 Å². The first kappa shape index (κ1) is 26.1. The van der Waals surface area contributed by atoms with Crippen molar-refractivity contribution in [3.8, 4) is 0 Å². The van der Waals surface area contributed by atoms with Crippen molar-refractivity contribution in [2.75, 3.05) is 18.4 Å². The summed E-state index contributed by atoms with van der Waals surface area (Å²) < 4.78 is 41.6. The summed E-state index contributed by atoms with van der Waals surface area (Å²) in [7, 11) is -4.20. The summed E-state index contributed by atoms with van der Waals surface area (Å²) in [6.45, 7) is 2.16. The number of carbonyl (C=O) groups is 2. The number of hydrogen-bond donors (Lipinski definition) is 3. The lowest BCUT2D eigenvalue weighted by atomic mass is 9.92. The molecule has 2 aliphatic rings. The molecule has 1 saturated carbocycles. The van der Waals surface area contributed by atoms with Gasteiger partial charge in [-0.3, -0.25) is 9.69 Å². The van der Waals surface area contributed by atoms with Crippen LogP contribution in [0.15, 0.2) is 53.4 Å². The van der Waals surface area contributed by atoms with E-state index >= 15 is 0 Å². The average molecular weight is 518 g/mol. The maximum absolute atomic E-state index is 13.6. The van der Waals surface area contributed by atoms with Gasteiger partial charge in [-0.25, -0.2) is 17.6 Å². The first-order valence-corrected chi connectivity index (χ1v) is 13.6. The van der Waals surface area contributed by atoms with Gasteiger partial charge in [-0.2, -0.15) is 4.31 Å². The van der Waals surface area contributed by atoms with Crippen LogP contribution in [0.25, 0.3) is 0 Å². The van der Waals surface area contributed by atoms with E-state index in [0.29, 0.717) is 24.9 Å². The largest absolute Gasteiger partial charge is 0.350 e. The minimum absolute atomic E-state index is 0.0433. The molecule has 2 fully saturated rings. The predicted molar refractivity (Wildman–Crippen MR) is 134 cm³/mol. The van der Waals surface area contributed by atoms with Crippen LogP contribution in [0.4, 0.5) is 14.9 Å². The summed E-state index contributed by atoms with van der Waals surface area (Å²) in [6.07, 6.45) is 1.81. The van der Waals surface area contributed by atoms with Crippen LogP contribution < -0.4 is 16.4 Å². The molecule has 1 aliphatic heterocycles. The summed E-state index contributed by atoms with van der Waals surface area (Å²) in [5.41, 5.74) is 7.53. The Labute approximate surface area is 210 Å². The van der Waals surface area contributed by atoms with Crippen molar-refractivity contribution in [3.05, 3.63) is 59.9 Å². The zero-order valence-electron chi connectivity index (χ0n) is 20.2. The lowest BCUT2D eigenvalue weighted by molar-refractivity contribution is -0.131. The summed E-state index contributed by atoms with van der Waals surface area (Å²) in [5.74, 6) is -1.14. The normalized spacial score (nSPS) is 23.2. The Kier molecular flexibility index (Phi) is 7.91. The Hall–Kier alpha value is -3.02. The average Bonchev–Trinajstić information content (AvgIpc) is 2.86. The summed E-state index contributed by atoms with van der Waals surface area (Å²) in [6, 6.07) is 10.9. The molecule has 194 valence electrons. The van der Waals surface area contributed by atoms with Gasteiger partial charge >= 0.3 is 6.03 Å². The molecule has 1 atom stereocenters. The minimum Gasteiger partial charge on any atom is -0.350 e. The zero-order valence-corrected chi connectivity index (χ0v) is 21.0. The van der Waals surface area contributed by atoms with E-state index in [2.05, 4.69) is 10.6 Å². The fraction of sp³-hybridized carbons (Fsp3) is 0.440. The third-order valence-electron chi connectivity index (χ3n) is 6.68. The van der Waals surface area contributed by atoms with E-state index in [9.17, 15) is 22.4 Å². The highest BCUT2D eigenvalue weighted by molar-refractivity contribution is 7.89. The number of anilines is 1. The molecule has 0 aromatic heterocycles. The van der Waals surface area contributed by atoms with Crippen molar-refractivity contribution in [2.24, 2.45) is 5.73 Å². The van der Waals surface area contributed by atoms with Crippen molar-refractivity contribution in [3.63, 3.8) is 0 Å². The van der Waals surface area contributed by atoms with E-state index in [1.165, 1.54) is 4.90 Å². The van der Waals surface area contributed by atoms with Gasteiger partial charge in [-0.15, -0.1) is 0 Å². The van der Waals surface area contributed by atoms with E-state index in [4.69, 9.17) is 5.73 Å². The van der Waals surface area contributed by atoms with Crippen molar-refractivity contribution in [2.45, 2.75) is 62.2 Å². The van der Waals surface area contributed by atoms with Crippen molar-refractivity contribution in [1.29, 1.82) is 0 Å². The van der Waals surface area contributed by atoms with Gasteiger partial charge in [0.15, 0.2) is 6.17 Å². The Morgan fingerprint density at radius 1 is 0.972 bits per heavy atom. The van der Waals surface area contributed by atoms with Crippen LogP contribution in [0.5, 0.6) is 0 Å². The number of carbonyl (C=O) groups excluding carboxylic acids is 2. The maximum Gasteiger partial charge on any atom is 0.323 e. The van der Waals surface area contributed by atoms with Gasteiger partial charge in [0.2, 0.25) is 10.0 Å². The number of urea groups is 1. The standard InChI is InChI=1S/C25H32FN5O4S/c1-17-3-9-21(10-4-17)29-25(33)30-15-2-16-31(36(34,35)22-13-5-18(26)6-14-22)24(30)23(32)28-20-11-7-19(27)8-12-20/h3-6,9-10,13-14,19-20,24H,2,7-8,11-12,15-16,27H2,1H3,(H,28,32)(H,29,33). The second-order valence-electron chi connectivity index (χ2n) is 9.41. The number of halogens is 1. The first-order chi connectivity index (χ1) is 17.1. The predicted octanol–water partition coefficient (Wildman–Crippen LogP) is 2.77. The van der Waals surface area contributed by atoms with Crippen LogP contribution in [0.2, 0.25) is 0 Å². The monoisotopic (exact) mass is 517 g/mol. The minimum atomic E-state index is -4.20. The van der Waals surface area contributed by atoms with Gasteiger partial charge in [0.25, 0.3) is 5.91 Å². The molecule has 0 radical (unpaired) electrons. The van der Waals surface area contributed by atoms with E-state index in [1.807, 2.05) is 19.1 Å². The number of amides is 3. The van der Waals surface area contributed by atoms with Crippen LogP contribution in [-0.2, 0) is 14.8 Å². The topological polar surface area (TPSA) is 125 Å². The van der Waals surface area contributed by atoms with Crippen molar-refractivity contribution in [1.82, 2.24) is 14.5 Å². The number of aryl methyl sites for hydroxylation is 1. The zero-order chi connectivity index (χ0) is 25.9. The second-order valence-corrected chi connectivity index (χ2v) is 11.3. The number of sulfonamides is 1. The fourth-order valence-electron chi connectivity index (χ4n) is 4.65. The molecule has 9 nitrogen and oxygen atoms in total. The highest BCUT2D eigenvalue weighted by Crippen LogP contribution is 2.26. The molecule has 4 N–H and O–H groups in total. The molecule has 1 saturated heterocycles. The van der Waals surface area contributed by atoms with Crippen LogP contribution in [0.1, 0.15) is 37.7 Å². The van der Waals surface area contributed by atoms with Crippen molar-refractivity contribution >= 4 is 27.6 Å². The van der Waals surface area contributed by atoms with Gasteiger partial charge in [0, 0.05) is 30.9 Å². The van der Waals surface area contributed by atoms with Gasteiger partial charge in [-0.05, 0) is 75.4 Å². The number of nitrogens with two attached hydrogens (primary N) is 1. The summed E-state index contributed by atoms with van der Waals surface area (Å²) >= 11 is 0. The highest BCUT2D eigenvalue weighted by atomic mass is 32.2. The Morgan fingerprint density at radius 2 is 1.61 bits per heavy atom. The molecule has 1 aliphatic carbocycles. The second kappa shape index (κ2) is 10.9. The van der Waals surface area contributed by atoms with Crippen LogP contribution >= 0.6 is 0 Å². The van der Waals surface area contributed by atoms with E-state index in [0.717, 1.165) is 47.0 Å². The molecular weight excluding hydrogens is 485 g/mol. The number of rotatable bonds is 5. The molecule has 2 aromatic rings. The molecule has 3 amide bonds. The van der Waals surface area contributed by atoms with Crippen LogP contribution in [0.3, 0.4) is 0 Å². The quantitative estimate of drug-likeness (QED) is 0.563. The van der Waals surface area contributed by atoms with Crippen LogP contribution in [0, 0.1) is 12.7 Å². The smallest absolute Gasteiger partial charge is 0.323 e. The van der Waals surface area contributed by atoms with Crippen LogP contribution in [-0.4, -0.2) is 60.9 Å². The Balaban J connectivity index is 1.63. The molecule has 0 spiro atoms. The third kappa shape index (κ3) is 5.85. The summed E-state index contributed by atoms with van der Waals surface area (Å²) in [4.78, 5) is 28.0. The molecule has 1 heterocycles. The Morgan fingerprint density at radius 3 is 2.25 bits per heavy atom. The van der Waals surface area contributed by atoms with E-state index in [1.54, 1.807) is 12.1 Å². The highest BCUT2D eigenvalue weighted by Gasteiger charge is 2.44. The number of hydrogen-bond acceptors (Lipinski definition) is 5.